The van der Waals surface area contributed by atoms with Crippen LogP contribution in [0.25, 0.3) is 0 Å². The molecule has 0 aromatic heterocycles. The second kappa shape index (κ2) is 10.5. The molecule has 0 saturated carbocycles. The van der Waals surface area contributed by atoms with E-state index in [9.17, 15) is 18.8 Å². The molecule has 0 saturated heterocycles. The average molecular weight is 414 g/mol. The number of hydrogen-bond donors (Lipinski definition) is 2. The Hall–Kier alpha value is -3.22. The van der Waals surface area contributed by atoms with Gasteiger partial charge in [-0.05, 0) is 47.7 Å². The fraction of sp³-hybridized carbons (Fsp3) is 0.348. The molecule has 2 aromatic rings. The minimum atomic E-state index is -0.946. The van der Waals surface area contributed by atoms with E-state index in [0.29, 0.717) is 5.69 Å². The van der Waals surface area contributed by atoms with Crippen LogP contribution in [0.1, 0.15) is 49.5 Å². The fourth-order valence-corrected chi connectivity index (χ4v) is 2.85. The third-order valence-corrected chi connectivity index (χ3v) is 4.52. The van der Waals surface area contributed by atoms with Crippen molar-refractivity contribution in [3.63, 3.8) is 0 Å². The van der Waals surface area contributed by atoms with Gasteiger partial charge in [0.15, 0.2) is 6.61 Å². The smallest absolute Gasteiger partial charge is 0.329 e. The highest BCUT2D eigenvalue weighted by Crippen LogP contribution is 2.23. The molecule has 2 rings (SSSR count). The highest BCUT2D eigenvalue weighted by Gasteiger charge is 2.27. The summed E-state index contributed by atoms with van der Waals surface area (Å²) in [7, 11) is 0. The Morgan fingerprint density at radius 3 is 2.20 bits per heavy atom. The van der Waals surface area contributed by atoms with Gasteiger partial charge in [-0.1, -0.05) is 45.9 Å². The van der Waals surface area contributed by atoms with Crippen LogP contribution in [0.4, 0.5) is 10.1 Å². The van der Waals surface area contributed by atoms with E-state index in [1.165, 1.54) is 12.1 Å². The first-order valence-electron chi connectivity index (χ1n) is 9.81. The highest BCUT2D eigenvalue weighted by atomic mass is 19.1. The van der Waals surface area contributed by atoms with E-state index in [2.05, 4.69) is 10.6 Å². The predicted octanol–water partition coefficient (Wildman–Crippen LogP) is 3.89. The highest BCUT2D eigenvalue weighted by molar-refractivity contribution is 5.97. The third kappa shape index (κ3) is 6.40. The Morgan fingerprint density at radius 2 is 1.60 bits per heavy atom. The van der Waals surface area contributed by atoms with E-state index in [4.69, 9.17) is 4.74 Å². The summed E-state index contributed by atoms with van der Waals surface area (Å²) in [6.45, 7) is 7.05. The number of ether oxygens (including phenoxy) is 1. The lowest BCUT2D eigenvalue weighted by Crippen LogP contribution is -2.45. The summed E-state index contributed by atoms with van der Waals surface area (Å²) in [5.74, 6) is -2.23. The number of amides is 2. The molecule has 160 valence electrons. The number of carbonyl (C=O) groups excluding carboxylic acids is 3. The van der Waals surface area contributed by atoms with Gasteiger partial charge in [-0.25, -0.2) is 9.18 Å². The Labute approximate surface area is 175 Å². The maximum Gasteiger partial charge on any atom is 0.329 e. The van der Waals surface area contributed by atoms with Crippen LogP contribution in [0.3, 0.4) is 0 Å². The lowest BCUT2D eigenvalue weighted by atomic mass is 10.0. The van der Waals surface area contributed by atoms with Crippen LogP contribution in [0.15, 0.2) is 48.5 Å². The molecule has 2 N–H and O–H groups in total. The normalized spacial score (nSPS) is 11.8. The first-order chi connectivity index (χ1) is 14.2. The number of esters is 1. The van der Waals surface area contributed by atoms with E-state index in [1.807, 2.05) is 32.0 Å². The topological polar surface area (TPSA) is 84.5 Å². The Morgan fingerprint density at radius 1 is 0.967 bits per heavy atom. The van der Waals surface area contributed by atoms with Gasteiger partial charge in [-0.15, -0.1) is 0 Å². The van der Waals surface area contributed by atoms with E-state index in [0.717, 1.165) is 17.7 Å². The summed E-state index contributed by atoms with van der Waals surface area (Å²) in [5.41, 5.74) is 1.86. The van der Waals surface area contributed by atoms with Crippen LogP contribution >= 0.6 is 0 Å². The number of rotatable bonds is 8. The largest absolute Gasteiger partial charge is 0.454 e. The molecular formula is C23H27FN2O4. The first-order valence-corrected chi connectivity index (χ1v) is 9.81. The van der Waals surface area contributed by atoms with Crippen molar-refractivity contribution in [2.75, 3.05) is 11.9 Å². The van der Waals surface area contributed by atoms with Crippen LogP contribution in [0.5, 0.6) is 0 Å². The monoisotopic (exact) mass is 414 g/mol. The molecule has 6 nitrogen and oxygen atoms in total. The van der Waals surface area contributed by atoms with Crippen molar-refractivity contribution < 1.29 is 23.5 Å². The molecule has 1 atom stereocenters. The average Bonchev–Trinajstić information content (AvgIpc) is 2.70. The molecule has 0 spiro atoms. The maximum atomic E-state index is 13.0. The quantitative estimate of drug-likeness (QED) is 0.642. The lowest BCUT2D eigenvalue weighted by molar-refractivity contribution is -0.150. The fourth-order valence-electron chi connectivity index (χ4n) is 2.85. The van der Waals surface area contributed by atoms with Gasteiger partial charge in [-0.3, -0.25) is 9.59 Å². The van der Waals surface area contributed by atoms with Crippen molar-refractivity contribution >= 4 is 23.5 Å². The summed E-state index contributed by atoms with van der Waals surface area (Å²) >= 11 is 0. The standard InChI is InChI=1S/C23H27FN2O4/c1-14(2)18-7-5-6-8-19(18)25-20(27)13-30-23(29)21(15(3)4)26-22(28)16-9-11-17(24)12-10-16/h5-12,14-15,21H,13H2,1-4H3,(H,25,27)(H,26,28)/t21-/m0/s1. The van der Waals surface area contributed by atoms with Gasteiger partial charge >= 0.3 is 5.97 Å². The molecule has 0 heterocycles. The number of benzene rings is 2. The van der Waals surface area contributed by atoms with Gasteiger partial charge in [0, 0.05) is 11.3 Å². The number of nitrogens with one attached hydrogen (secondary N) is 2. The second-order valence-electron chi connectivity index (χ2n) is 7.60. The van der Waals surface area contributed by atoms with Crippen LogP contribution in [-0.4, -0.2) is 30.4 Å². The van der Waals surface area contributed by atoms with Gasteiger partial charge in [0.05, 0.1) is 0 Å². The van der Waals surface area contributed by atoms with Crippen molar-refractivity contribution in [3.05, 3.63) is 65.5 Å². The molecule has 0 unspecified atom stereocenters. The van der Waals surface area contributed by atoms with Gasteiger partial charge in [0.2, 0.25) is 0 Å². The van der Waals surface area contributed by atoms with Crippen LogP contribution in [0, 0.1) is 11.7 Å². The zero-order valence-corrected chi connectivity index (χ0v) is 17.6. The molecule has 30 heavy (non-hydrogen) atoms. The predicted molar refractivity (Wildman–Crippen MR) is 113 cm³/mol. The Balaban J connectivity index is 1.96. The molecule has 0 aliphatic rings. The van der Waals surface area contributed by atoms with Crippen molar-refractivity contribution in [3.8, 4) is 0 Å². The number of anilines is 1. The number of hydrogen-bond acceptors (Lipinski definition) is 4. The Kier molecular flexibility index (Phi) is 8.09. The third-order valence-electron chi connectivity index (χ3n) is 4.52. The van der Waals surface area contributed by atoms with Crippen LogP contribution in [0.2, 0.25) is 0 Å². The minimum absolute atomic E-state index is 0.219. The Bertz CT molecular complexity index is 894. The molecule has 7 heteroatoms. The van der Waals surface area contributed by atoms with Gasteiger partial charge in [-0.2, -0.15) is 0 Å². The number of halogens is 1. The minimum Gasteiger partial charge on any atom is -0.454 e. The molecule has 0 aliphatic heterocycles. The van der Waals surface area contributed by atoms with Crippen LogP contribution < -0.4 is 10.6 Å². The molecule has 2 amide bonds. The molecule has 0 radical (unpaired) electrons. The summed E-state index contributed by atoms with van der Waals surface area (Å²) in [5, 5.41) is 5.33. The lowest BCUT2D eigenvalue weighted by Gasteiger charge is -2.21. The summed E-state index contributed by atoms with van der Waals surface area (Å²) in [6, 6.07) is 11.4. The SMILES string of the molecule is CC(C)c1ccccc1NC(=O)COC(=O)[C@@H](NC(=O)c1ccc(F)cc1)C(C)C. The van der Waals surface area contributed by atoms with E-state index in [-0.39, 0.29) is 17.4 Å². The van der Waals surface area contributed by atoms with Gasteiger partial charge in [0.1, 0.15) is 11.9 Å². The summed E-state index contributed by atoms with van der Waals surface area (Å²) < 4.78 is 18.2. The summed E-state index contributed by atoms with van der Waals surface area (Å²) in [6.07, 6.45) is 0. The molecule has 0 fully saturated rings. The zero-order valence-electron chi connectivity index (χ0n) is 17.6. The van der Waals surface area contributed by atoms with E-state index < -0.39 is 36.2 Å². The van der Waals surface area contributed by atoms with Crippen LogP contribution in [-0.2, 0) is 14.3 Å². The molecular weight excluding hydrogens is 387 g/mol. The molecule has 0 aliphatic carbocycles. The number of carbonyl (C=O) groups is 3. The van der Waals surface area contributed by atoms with Crippen molar-refractivity contribution in [1.82, 2.24) is 5.32 Å². The van der Waals surface area contributed by atoms with Crippen molar-refractivity contribution in [2.24, 2.45) is 5.92 Å². The van der Waals surface area contributed by atoms with Gasteiger partial charge < -0.3 is 15.4 Å². The zero-order chi connectivity index (χ0) is 22.3. The van der Waals surface area contributed by atoms with Crippen molar-refractivity contribution in [2.45, 2.75) is 39.7 Å². The molecule has 0 bridgehead atoms. The van der Waals surface area contributed by atoms with Crippen molar-refractivity contribution in [1.29, 1.82) is 0 Å². The summed E-state index contributed by atoms with van der Waals surface area (Å²) in [4.78, 5) is 37.0. The second-order valence-corrected chi connectivity index (χ2v) is 7.60. The first kappa shape index (κ1) is 23.1. The van der Waals surface area contributed by atoms with E-state index in [1.54, 1.807) is 19.9 Å². The van der Waals surface area contributed by atoms with E-state index >= 15 is 0 Å². The maximum absolute atomic E-state index is 13.0. The number of para-hydroxylation sites is 1. The van der Waals surface area contributed by atoms with Gasteiger partial charge in [0.25, 0.3) is 11.8 Å². The molecule has 2 aromatic carbocycles.